The maximum absolute atomic E-state index is 12.8. The zero-order valence-corrected chi connectivity index (χ0v) is 15.8. The molecule has 0 aliphatic rings. The van der Waals surface area contributed by atoms with E-state index in [1.54, 1.807) is 43.6 Å². The normalized spacial score (nSPS) is 10.2. The van der Waals surface area contributed by atoms with Gasteiger partial charge in [-0.15, -0.1) is 0 Å². The van der Waals surface area contributed by atoms with Crippen molar-refractivity contribution < 1.29 is 23.8 Å². The number of nitrogens with zero attached hydrogens (tertiary/aromatic N) is 2. The summed E-state index contributed by atoms with van der Waals surface area (Å²) in [7, 11) is 4.50. The maximum atomic E-state index is 12.8. The minimum atomic E-state index is -0.353. The van der Waals surface area contributed by atoms with Crippen LogP contribution < -0.4 is 9.47 Å². The second-order valence-corrected chi connectivity index (χ2v) is 5.79. The molecule has 1 aromatic carbocycles. The fourth-order valence-corrected chi connectivity index (χ4v) is 2.62. The molecule has 2 rings (SSSR count). The van der Waals surface area contributed by atoms with E-state index in [9.17, 15) is 9.59 Å². The molecular weight excluding hydrogens is 348 g/mol. The highest BCUT2D eigenvalue weighted by atomic mass is 16.5. The molecule has 0 spiro atoms. The predicted octanol–water partition coefficient (Wildman–Crippen LogP) is 2.35. The lowest BCUT2D eigenvalue weighted by Crippen LogP contribution is -2.35. The number of rotatable bonds is 9. The number of methoxy groups -OCH3 is 3. The molecule has 144 valence electrons. The first kappa shape index (κ1) is 20.2. The van der Waals surface area contributed by atoms with Crippen LogP contribution in [0.3, 0.4) is 0 Å². The number of pyridine rings is 1. The number of ether oxygens (including phenoxy) is 3. The average molecular weight is 372 g/mol. The van der Waals surface area contributed by atoms with Crippen molar-refractivity contribution in [3.8, 4) is 11.5 Å². The fraction of sp³-hybridized carbons (Fsp3) is 0.350. The van der Waals surface area contributed by atoms with E-state index in [1.807, 2.05) is 18.2 Å². The lowest BCUT2D eigenvalue weighted by molar-refractivity contribution is -0.140. The molecule has 0 bridgehead atoms. The molecule has 7 nitrogen and oxygen atoms in total. The Bertz CT molecular complexity index is 764. The van der Waals surface area contributed by atoms with Gasteiger partial charge in [0.1, 0.15) is 0 Å². The summed E-state index contributed by atoms with van der Waals surface area (Å²) in [4.78, 5) is 29.9. The van der Waals surface area contributed by atoms with Crippen LogP contribution in [0.1, 0.15) is 22.3 Å². The van der Waals surface area contributed by atoms with Crippen LogP contribution >= 0.6 is 0 Å². The minimum absolute atomic E-state index is 0.138. The molecule has 0 aliphatic carbocycles. The quantitative estimate of drug-likeness (QED) is 0.629. The van der Waals surface area contributed by atoms with Gasteiger partial charge in [0.05, 0.1) is 27.8 Å². The molecule has 0 aliphatic heterocycles. The highest BCUT2D eigenvalue weighted by Crippen LogP contribution is 2.27. The Hall–Kier alpha value is -3.09. The monoisotopic (exact) mass is 372 g/mol. The van der Waals surface area contributed by atoms with Crippen LogP contribution in [0, 0.1) is 0 Å². The number of benzene rings is 1. The van der Waals surface area contributed by atoms with Gasteiger partial charge in [0.25, 0.3) is 5.91 Å². The van der Waals surface area contributed by atoms with Crippen LogP contribution in [0.25, 0.3) is 0 Å². The number of carbonyl (C=O) groups is 2. The van der Waals surface area contributed by atoms with Gasteiger partial charge in [0.2, 0.25) is 0 Å². The van der Waals surface area contributed by atoms with Crippen LogP contribution in [-0.2, 0) is 16.0 Å². The molecule has 0 saturated heterocycles. The SMILES string of the molecule is COC(=O)CCN(CCc1ccc(OC)c(OC)c1)C(=O)c1ccncc1. The highest BCUT2D eigenvalue weighted by Gasteiger charge is 2.17. The summed E-state index contributed by atoms with van der Waals surface area (Å²) < 4.78 is 15.3. The third kappa shape index (κ3) is 5.70. The summed E-state index contributed by atoms with van der Waals surface area (Å²) in [6.07, 6.45) is 3.89. The molecule has 0 unspecified atom stereocenters. The van der Waals surface area contributed by atoms with Crippen molar-refractivity contribution in [3.63, 3.8) is 0 Å². The summed E-state index contributed by atoms with van der Waals surface area (Å²) in [5.74, 6) is 0.781. The van der Waals surface area contributed by atoms with Gasteiger partial charge >= 0.3 is 5.97 Å². The molecule has 1 amide bonds. The predicted molar refractivity (Wildman–Crippen MR) is 100 cm³/mol. The van der Waals surface area contributed by atoms with Gasteiger partial charge in [-0.2, -0.15) is 0 Å². The average Bonchev–Trinajstić information content (AvgIpc) is 2.73. The van der Waals surface area contributed by atoms with Gasteiger partial charge in [-0.25, -0.2) is 0 Å². The van der Waals surface area contributed by atoms with Gasteiger partial charge in [0.15, 0.2) is 11.5 Å². The summed E-state index contributed by atoms with van der Waals surface area (Å²) in [5.41, 5.74) is 1.53. The number of amides is 1. The second kappa shape index (κ2) is 10.2. The standard InChI is InChI=1S/C20H24N2O5/c1-25-17-5-4-15(14-18(17)26-2)8-12-22(13-9-19(23)27-3)20(24)16-6-10-21-11-7-16/h4-7,10-11,14H,8-9,12-13H2,1-3H3. The van der Waals surface area contributed by atoms with Gasteiger partial charge < -0.3 is 19.1 Å². The maximum Gasteiger partial charge on any atom is 0.307 e. The van der Waals surface area contributed by atoms with Crippen molar-refractivity contribution in [2.45, 2.75) is 12.8 Å². The zero-order valence-electron chi connectivity index (χ0n) is 15.8. The molecule has 2 aromatic rings. The molecule has 1 heterocycles. The van der Waals surface area contributed by atoms with Gasteiger partial charge in [0, 0.05) is 31.0 Å². The van der Waals surface area contributed by atoms with E-state index in [0.717, 1.165) is 5.56 Å². The molecule has 0 atom stereocenters. The largest absolute Gasteiger partial charge is 0.493 e. The zero-order chi connectivity index (χ0) is 19.6. The smallest absolute Gasteiger partial charge is 0.307 e. The van der Waals surface area contributed by atoms with Crippen LogP contribution in [0.4, 0.5) is 0 Å². The Morgan fingerprint density at radius 2 is 1.67 bits per heavy atom. The molecule has 0 N–H and O–H groups in total. The Morgan fingerprint density at radius 3 is 2.30 bits per heavy atom. The topological polar surface area (TPSA) is 78.0 Å². The summed E-state index contributed by atoms with van der Waals surface area (Å²) in [6, 6.07) is 8.95. The number of aromatic nitrogens is 1. The van der Waals surface area contributed by atoms with E-state index >= 15 is 0 Å². The first-order valence-corrected chi connectivity index (χ1v) is 8.56. The lowest BCUT2D eigenvalue weighted by Gasteiger charge is -2.22. The van der Waals surface area contributed by atoms with Gasteiger partial charge in [-0.05, 0) is 36.2 Å². The molecule has 27 heavy (non-hydrogen) atoms. The molecular formula is C20H24N2O5. The number of carbonyl (C=O) groups excluding carboxylic acids is 2. The van der Waals surface area contributed by atoms with Crippen molar-refractivity contribution >= 4 is 11.9 Å². The summed E-state index contributed by atoms with van der Waals surface area (Å²) >= 11 is 0. The number of hydrogen-bond donors (Lipinski definition) is 0. The molecule has 0 radical (unpaired) electrons. The molecule has 0 saturated carbocycles. The van der Waals surface area contributed by atoms with Crippen LogP contribution in [-0.4, -0.2) is 56.2 Å². The van der Waals surface area contributed by atoms with Crippen LogP contribution in [0.15, 0.2) is 42.7 Å². The Labute approximate surface area is 158 Å². The minimum Gasteiger partial charge on any atom is -0.493 e. The van der Waals surface area contributed by atoms with E-state index in [2.05, 4.69) is 9.72 Å². The number of hydrogen-bond acceptors (Lipinski definition) is 6. The molecule has 1 aromatic heterocycles. The second-order valence-electron chi connectivity index (χ2n) is 5.79. The molecule has 0 fully saturated rings. The van der Waals surface area contributed by atoms with E-state index in [-0.39, 0.29) is 24.8 Å². The van der Waals surface area contributed by atoms with E-state index < -0.39 is 0 Å². The van der Waals surface area contributed by atoms with Crippen molar-refractivity contribution in [2.24, 2.45) is 0 Å². The first-order valence-electron chi connectivity index (χ1n) is 8.56. The van der Waals surface area contributed by atoms with Crippen molar-refractivity contribution in [1.82, 2.24) is 9.88 Å². The Kier molecular flexibility index (Phi) is 7.61. The summed E-state index contributed by atoms with van der Waals surface area (Å²) in [6.45, 7) is 0.731. The summed E-state index contributed by atoms with van der Waals surface area (Å²) in [5, 5.41) is 0. The van der Waals surface area contributed by atoms with Crippen LogP contribution in [0.2, 0.25) is 0 Å². The van der Waals surface area contributed by atoms with Gasteiger partial charge in [-0.1, -0.05) is 6.07 Å². The van der Waals surface area contributed by atoms with Crippen LogP contribution in [0.5, 0.6) is 11.5 Å². The molecule has 7 heteroatoms. The first-order chi connectivity index (χ1) is 13.1. The van der Waals surface area contributed by atoms with Crippen molar-refractivity contribution in [1.29, 1.82) is 0 Å². The van der Waals surface area contributed by atoms with E-state index in [0.29, 0.717) is 30.0 Å². The Balaban J connectivity index is 2.11. The van der Waals surface area contributed by atoms with Crippen molar-refractivity contribution in [2.75, 3.05) is 34.4 Å². The van der Waals surface area contributed by atoms with Crippen molar-refractivity contribution in [3.05, 3.63) is 53.9 Å². The third-order valence-corrected chi connectivity index (χ3v) is 4.15. The lowest BCUT2D eigenvalue weighted by atomic mass is 10.1. The van der Waals surface area contributed by atoms with E-state index in [1.165, 1.54) is 7.11 Å². The Morgan fingerprint density at radius 1 is 0.963 bits per heavy atom. The van der Waals surface area contributed by atoms with E-state index in [4.69, 9.17) is 9.47 Å². The van der Waals surface area contributed by atoms with Gasteiger partial charge in [-0.3, -0.25) is 14.6 Å². The third-order valence-electron chi connectivity index (χ3n) is 4.15. The fourth-order valence-electron chi connectivity index (χ4n) is 2.62. The number of esters is 1. The highest BCUT2D eigenvalue weighted by molar-refractivity contribution is 5.94.